The molecule has 2 N–H and O–H groups in total. The third-order valence-electron chi connectivity index (χ3n) is 2.87. The molecule has 0 radical (unpaired) electrons. The van der Waals surface area contributed by atoms with Crippen molar-refractivity contribution >= 4 is 22.9 Å². The molecule has 20 heavy (non-hydrogen) atoms. The summed E-state index contributed by atoms with van der Waals surface area (Å²) >= 11 is 0. The van der Waals surface area contributed by atoms with Crippen molar-refractivity contribution in [1.29, 1.82) is 0 Å². The first-order valence-electron chi connectivity index (χ1n) is 6.27. The molecule has 0 saturated heterocycles. The molecule has 1 heterocycles. The quantitative estimate of drug-likeness (QED) is 0.860. The van der Waals surface area contributed by atoms with Crippen LogP contribution >= 0.6 is 0 Å². The number of fused-ring (bicyclic) bond motifs is 1. The summed E-state index contributed by atoms with van der Waals surface area (Å²) in [6, 6.07) is 5.08. The molecule has 1 aromatic carbocycles. The van der Waals surface area contributed by atoms with Gasteiger partial charge in [-0.1, -0.05) is 6.92 Å². The maximum atomic E-state index is 12.0. The minimum absolute atomic E-state index is 0.0312. The van der Waals surface area contributed by atoms with Gasteiger partial charge in [-0.25, -0.2) is 0 Å². The van der Waals surface area contributed by atoms with Crippen LogP contribution < -0.4 is 5.32 Å². The van der Waals surface area contributed by atoms with Crippen molar-refractivity contribution in [2.75, 3.05) is 6.54 Å². The van der Waals surface area contributed by atoms with Crippen LogP contribution in [0.5, 0.6) is 0 Å². The zero-order valence-corrected chi connectivity index (χ0v) is 11.0. The Bertz CT molecular complexity index is 642. The standard InChI is InChI=1S/C14H15N3O3/c1-9(6-13(18)19)8-17-14(20)10-2-3-11-12(7-10)16-5-4-15-11/h2-5,7,9H,6,8H2,1H3,(H,17,20)(H,18,19). The van der Waals surface area contributed by atoms with E-state index < -0.39 is 5.97 Å². The average molecular weight is 273 g/mol. The minimum Gasteiger partial charge on any atom is -0.481 e. The van der Waals surface area contributed by atoms with Gasteiger partial charge in [0.25, 0.3) is 5.91 Å². The molecular weight excluding hydrogens is 258 g/mol. The Morgan fingerprint density at radius 2 is 1.95 bits per heavy atom. The molecule has 0 aliphatic rings. The number of carboxylic acids is 1. The van der Waals surface area contributed by atoms with Crippen LogP contribution in [0.25, 0.3) is 11.0 Å². The second-order valence-corrected chi connectivity index (χ2v) is 4.67. The van der Waals surface area contributed by atoms with E-state index >= 15 is 0 Å². The fraction of sp³-hybridized carbons (Fsp3) is 0.286. The number of nitrogens with zero attached hydrogens (tertiary/aromatic N) is 2. The van der Waals surface area contributed by atoms with Crippen molar-refractivity contribution in [2.24, 2.45) is 5.92 Å². The summed E-state index contributed by atoms with van der Waals surface area (Å²) in [6.07, 6.45) is 3.19. The van der Waals surface area contributed by atoms with E-state index in [1.165, 1.54) is 0 Å². The Morgan fingerprint density at radius 1 is 1.25 bits per heavy atom. The van der Waals surface area contributed by atoms with Crippen LogP contribution in [0.3, 0.4) is 0 Å². The number of carbonyl (C=O) groups is 2. The first-order chi connectivity index (χ1) is 9.56. The van der Waals surface area contributed by atoms with Gasteiger partial charge in [0.1, 0.15) is 0 Å². The lowest BCUT2D eigenvalue weighted by atomic mass is 10.1. The van der Waals surface area contributed by atoms with Gasteiger partial charge < -0.3 is 10.4 Å². The molecule has 104 valence electrons. The van der Waals surface area contributed by atoms with Gasteiger partial charge in [0, 0.05) is 30.9 Å². The second kappa shape index (κ2) is 6.10. The Kier molecular flexibility index (Phi) is 4.24. The van der Waals surface area contributed by atoms with Crippen LogP contribution in [0.1, 0.15) is 23.7 Å². The van der Waals surface area contributed by atoms with E-state index in [1.807, 2.05) is 0 Å². The third kappa shape index (κ3) is 3.50. The van der Waals surface area contributed by atoms with Crippen LogP contribution in [-0.2, 0) is 4.79 Å². The first-order valence-corrected chi connectivity index (χ1v) is 6.27. The Hall–Kier alpha value is -2.50. The number of amides is 1. The van der Waals surface area contributed by atoms with E-state index in [4.69, 9.17) is 5.11 Å². The number of carboxylic acid groups (broad SMARTS) is 1. The summed E-state index contributed by atoms with van der Waals surface area (Å²) in [6.45, 7) is 2.10. The molecule has 2 aromatic rings. The topological polar surface area (TPSA) is 92.2 Å². The Morgan fingerprint density at radius 3 is 2.65 bits per heavy atom. The number of aliphatic carboxylic acids is 1. The van der Waals surface area contributed by atoms with Gasteiger partial charge in [0.15, 0.2) is 0 Å². The van der Waals surface area contributed by atoms with Crippen LogP contribution in [-0.4, -0.2) is 33.5 Å². The molecular formula is C14H15N3O3. The normalized spacial score (nSPS) is 12.1. The monoisotopic (exact) mass is 273 g/mol. The van der Waals surface area contributed by atoms with Gasteiger partial charge in [0.2, 0.25) is 0 Å². The molecule has 1 atom stereocenters. The zero-order valence-electron chi connectivity index (χ0n) is 11.0. The van der Waals surface area contributed by atoms with Crippen molar-refractivity contribution in [3.8, 4) is 0 Å². The predicted octanol–water partition coefficient (Wildman–Crippen LogP) is 1.47. The Balaban J connectivity index is 2.02. The van der Waals surface area contributed by atoms with Gasteiger partial charge in [-0.05, 0) is 24.1 Å². The molecule has 1 unspecified atom stereocenters. The summed E-state index contributed by atoms with van der Waals surface area (Å²) in [5.41, 5.74) is 1.86. The smallest absolute Gasteiger partial charge is 0.303 e. The number of hydrogen-bond acceptors (Lipinski definition) is 4. The van der Waals surface area contributed by atoms with Gasteiger partial charge >= 0.3 is 5.97 Å². The van der Waals surface area contributed by atoms with Crippen LogP contribution in [0.2, 0.25) is 0 Å². The molecule has 0 saturated carbocycles. The maximum absolute atomic E-state index is 12.0. The highest BCUT2D eigenvalue weighted by Gasteiger charge is 2.11. The first kappa shape index (κ1) is 13.9. The maximum Gasteiger partial charge on any atom is 0.303 e. The van der Waals surface area contributed by atoms with E-state index in [1.54, 1.807) is 37.5 Å². The van der Waals surface area contributed by atoms with E-state index in [0.717, 1.165) is 5.52 Å². The molecule has 1 amide bonds. The lowest BCUT2D eigenvalue weighted by molar-refractivity contribution is -0.137. The highest BCUT2D eigenvalue weighted by atomic mass is 16.4. The van der Waals surface area contributed by atoms with Crippen LogP contribution in [0.15, 0.2) is 30.6 Å². The fourth-order valence-electron chi connectivity index (χ4n) is 1.84. The summed E-state index contributed by atoms with van der Waals surface area (Å²) in [7, 11) is 0. The molecule has 0 spiro atoms. The van der Waals surface area contributed by atoms with Crippen LogP contribution in [0.4, 0.5) is 0 Å². The largest absolute Gasteiger partial charge is 0.481 e. The van der Waals surface area contributed by atoms with Crippen molar-refractivity contribution < 1.29 is 14.7 Å². The van der Waals surface area contributed by atoms with E-state index in [-0.39, 0.29) is 18.2 Å². The highest BCUT2D eigenvalue weighted by molar-refractivity contribution is 5.97. The molecule has 0 aliphatic heterocycles. The number of rotatable bonds is 5. The van der Waals surface area contributed by atoms with Crippen molar-refractivity contribution in [3.63, 3.8) is 0 Å². The molecule has 2 rings (SSSR count). The molecule has 1 aromatic heterocycles. The van der Waals surface area contributed by atoms with Gasteiger partial charge in [-0.2, -0.15) is 0 Å². The Labute approximate surface area is 115 Å². The summed E-state index contributed by atoms with van der Waals surface area (Å²) < 4.78 is 0. The molecule has 0 aliphatic carbocycles. The summed E-state index contributed by atoms with van der Waals surface area (Å²) in [5.74, 6) is -1.22. The SMILES string of the molecule is CC(CNC(=O)c1ccc2nccnc2c1)CC(=O)O. The lowest BCUT2D eigenvalue weighted by Gasteiger charge is -2.10. The molecule has 6 heteroatoms. The minimum atomic E-state index is -0.868. The second-order valence-electron chi connectivity index (χ2n) is 4.67. The average Bonchev–Trinajstić information content (AvgIpc) is 2.43. The third-order valence-corrected chi connectivity index (χ3v) is 2.87. The number of hydrogen-bond donors (Lipinski definition) is 2. The molecule has 6 nitrogen and oxygen atoms in total. The number of carbonyl (C=O) groups excluding carboxylic acids is 1. The lowest BCUT2D eigenvalue weighted by Crippen LogP contribution is -2.29. The van der Waals surface area contributed by atoms with Crippen molar-refractivity contribution in [3.05, 3.63) is 36.2 Å². The summed E-state index contributed by atoms with van der Waals surface area (Å²) in [4.78, 5) is 30.8. The number of benzene rings is 1. The van der Waals surface area contributed by atoms with Crippen molar-refractivity contribution in [1.82, 2.24) is 15.3 Å². The van der Waals surface area contributed by atoms with Gasteiger partial charge in [-0.15, -0.1) is 0 Å². The fourth-order valence-corrected chi connectivity index (χ4v) is 1.84. The summed E-state index contributed by atoms with van der Waals surface area (Å²) in [5, 5.41) is 11.4. The van der Waals surface area contributed by atoms with Gasteiger partial charge in [-0.3, -0.25) is 19.6 Å². The number of nitrogens with one attached hydrogen (secondary N) is 1. The highest BCUT2D eigenvalue weighted by Crippen LogP contribution is 2.11. The molecule has 0 bridgehead atoms. The van der Waals surface area contributed by atoms with E-state index in [2.05, 4.69) is 15.3 Å². The number of aromatic nitrogens is 2. The zero-order chi connectivity index (χ0) is 14.5. The van der Waals surface area contributed by atoms with E-state index in [0.29, 0.717) is 17.6 Å². The van der Waals surface area contributed by atoms with Crippen LogP contribution in [0, 0.1) is 5.92 Å². The molecule has 0 fully saturated rings. The predicted molar refractivity (Wildman–Crippen MR) is 73.3 cm³/mol. The van der Waals surface area contributed by atoms with Gasteiger partial charge in [0.05, 0.1) is 11.0 Å². The van der Waals surface area contributed by atoms with E-state index in [9.17, 15) is 9.59 Å². The van der Waals surface area contributed by atoms with Crippen molar-refractivity contribution in [2.45, 2.75) is 13.3 Å².